The van der Waals surface area contributed by atoms with Crippen LogP contribution in [0, 0.1) is 5.92 Å². The van der Waals surface area contributed by atoms with Crippen LogP contribution < -0.4 is 5.43 Å². The summed E-state index contributed by atoms with van der Waals surface area (Å²) in [6, 6.07) is 22.3. The van der Waals surface area contributed by atoms with Gasteiger partial charge in [-0.05, 0) is 47.5 Å². The maximum atomic E-state index is 13.5. The number of amides is 1. The van der Waals surface area contributed by atoms with E-state index in [1.807, 2.05) is 12.1 Å². The number of hydrogen-bond donors (Lipinski definition) is 2. The highest BCUT2D eigenvalue weighted by Gasteiger charge is 2.35. The number of likely N-dealkylation sites (N-methyl/N-ethyl adjacent to an activating group) is 1. The van der Waals surface area contributed by atoms with Crippen molar-refractivity contribution < 1.29 is 9.90 Å². The van der Waals surface area contributed by atoms with Gasteiger partial charge in [0.25, 0.3) is 0 Å². The van der Waals surface area contributed by atoms with Crippen LogP contribution >= 0.6 is 0 Å². The summed E-state index contributed by atoms with van der Waals surface area (Å²) in [5.41, 5.74) is 5.58. The number of hydrazine groups is 1. The largest absolute Gasteiger partial charge is 0.508 e. The zero-order valence-electron chi connectivity index (χ0n) is 19.0. The van der Waals surface area contributed by atoms with Gasteiger partial charge in [-0.25, -0.2) is 5.01 Å². The molecule has 0 radical (unpaired) electrons. The first kappa shape index (κ1) is 21.7. The van der Waals surface area contributed by atoms with Crippen molar-refractivity contribution >= 4 is 16.7 Å². The molecule has 2 aliphatic rings. The third-order valence-electron chi connectivity index (χ3n) is 7.11. The lowest BCUT2D eigenvalue weighted by Crippen LogP contribution is -2.54. The molecule has 5 nitrogen and oxygen atoms in total. The van der Waals surface area contributed by atoms with Crippen LogP contribution in [0.15, 0.2) is 78.9 Å². The zero-order chi connectivity index (χ0) is 22.8. The summed E-state index contributed by atoms with van der Waals surface area (Å²) in [6.45, 7) is 3.59. The Labute approximate surface area is 195 Å². The van der Waals surface area contributed by atoms with Gasteiger partial charge in [0, 0.05) is 38.0 Å². The molecule has 3 unspecified atom stereocenters. The highest BCUT2D eigenvalue weighted by molar-refractivity contribution is 5.88. The summed E-state index contributed by atoms with van der Waals surface area (Å²) < 4.78 is 0. The lowest BCUT2D eigenvalue weighted by molar-refractivity contribution is -0.130. The van der Waals surface area contributed by atoms with E-state index in [1.54, 1.807) is 12.1 Å². The summed E-state index contributed by atoms with van der Waals surface area (Å²) in [5, 5.41) is 14.2. The molecule has 5 rings (SSSR count). The molecule has 0 spiro atoms. The number of fused-ring (bicyclic) bond motifs is 1. The summed E-state index contributed by atoms with van der Waals surface area (Å²) in [6.07, 6.45) is 5.11. The molecule has 0 saturated carbocycles. The Morgan fingerprint density at radius 1 is 0.909 bits per heavy atom. The second kappa shape index (κ2) is 9.38. The number of piperazine rings is 1. The number of carbonyl (C=O) groups excluding carboxylic acids is 1. The zero-order valence-corrected chi connectivity index (χ0v) is 19.0. The number of allylic oxidation sites excluding steroid dienone is 1. The maximum absolute atomic E-state index is 13.5. The molecule has 1 aliphatic heterocycles. The number of phenolic OH excluding ortho intramolecular Hbond substituents is 1. The Morgan fingerprint density at radius 3 is 2.42 bits per heavy atom. The molecule has 33 heavy (non-hydrogen) atoms. The standard InChI is InChI=1S/C28H31N3O2/c1-30-15-17-31(18-16-30)29-28(33)26-14-11-22(20-9-12-23(32)13-10-20)19-27(26)25-8-4-6-21-5-2-3-7-24(21)25/h2-14,22,26-27,32H,15-19H2,1H3,(H,29,33). The molecule has 2 N–H and O–H groups in total. The first-order chi connectivity index (χ1) is 16.1. The van der Waals surface area contributed by atoms with E-state index in [0.717, 1.165) is 38.2 Å². The van der Waals surface area contributed by atoms with Crippen LogP contribution in [0.2, 0.25) is 0 Å². The molecule has 1 heterocycles. The summed E-state index contributed by atoms with van der Waals surface area (Å²) in [5.74, 6) is 0.366. The average Bonchev–Trinajstić information content (AvgIpc) is 2.85. The van der Waals surface area contributed by atoms with E-state index < -0.39 is 0 Å². The predicted molar refractivity (Wildman–Crippen MR) is 132 cm³/mol. The van der Waals surface area contributed by atoms with Gasteiger partial charge in [-0.15, -0.1) is 0 Å². The fourth-order valence-electron chi connectivity index (χ4n) is 5.17. The topological polar surface area (TPSA) is 55.8 Å². The molecule has 1 amide bonds. The van der Waals surface area contributed by atoms with Crippen LogP contribution in [0.4, 0.5) is 0 Å². The smallest absolute Gasteiger partial charge is 0.241 e. The van der Waals surface area contributed by atoms with Crippen molar-refractivity contribution in [2.75, 3.05) is 33.2 Å². The number of rotatable bonds is 4. The van der Waals surface area contributed by atoms with Gasteiger partial charge in [0.2, 0.25) is 5.91 Å². The lowest BCUT2D eigenvalue weighted by atomic mass is 9.72. The van der Waals surface area contributed by atoms with Gasteiger partial charge in [0.05, 0.1) is 5.92 Å². The lowest BCUT2D eigenvalue weighted by Gasteiger charge is -2.36. The normalized spacial score (nSPS) is 24.1. The average molecular weight is 442 g/mol. The minimum absolute atomic E-state index is 0.0624. The van der Waals surface area contributed by atoms with Crippen LogP contribution in [0.25, 0.3) is 10.8 Å². The van der Waals surface area contributed by atoms with Gasteiger partial charge in [-0.3, -0.25) is 10.2 Å². The monoisotopic (exact) mass is 441 g/mol. The van der Waals surface area contributed by atoms with E-state index in [0.29, 0.717) is 0 Å². The molecule has 170 valence electrons. The minimum atomic E-state index is -0.233. The van der Waals surface area contributed by atoms with E-state index in [1.165, 1.54) is 16.3 Å². The van der Waals surface area contributed by atoms with Gasteiger partial charge in [0.1, 0.15) is 5.75 Å². The highest BCUT2D eigenvalue weighted by atomic mass is 16.3. The first-order valence-corrected chi connectivity index (χ1v) is 11.8. The van der Waals surface area contributed by atoms with E-state index in [-0.39, 0.29) is 29.4 Å². The minimum Gasteiger partial charge on any atom is -0.508 e. The molecule has 3 atom stereocenters. The Morgan fingerprint density at radius 2 is 1.64 bits per heavy atom. The third-order valence-corrected chi connectivity index (χ3v) is 7.11. The number of aromatic hydroxyl groups is 1. The van der Waals surface area contributed by atoms with Crippen LogP contribution in [0.1, 0.15) is 29.4 Å². The SMILES string of the molecule is CN1CCN(NC(=O)C2C=CC(c3ccc(O)cc3)CC2c2cccc3ccccc23)CC1. The molecule has 0 aromatic heterocycles. The van der Waals surface area contributed by atoms with E-state index in [9.17, 15) is 9.90 Å². The highest BCUT2D eigenvalue weighted by Crippen LogP contribution is 2.43. The summed E-state index contributed by atoms with van der Waals surface area (Å²) >= 11 is 0. The number of carbonyl (C=O) groups is 1. The van der Waals surface area contributed by atoms with Gasteiger partial charge < -0.3 is 10.0 Å². The number of phenols is 1. The summed E-state index contributed by atoms with van der Waals surface area (Å²) in [4.78, 5) is 15.8. The Balaban J connectivity index is 1.47. The molecule has 3 aromatic rings. The Bertz CT molecular complexity index is 1140. The number of hydrogen-bond acceptors (Lipinski definition) is 4. The maximum Gasteiger partial charge on any atom is 0.241 e. The van der Waals surface area contributed by atoms with Crippen LogP contribution in [-0.4, -0.2) is 54.1 Å². The molecule has 3 aromatic carbocycles. The fourth-order valence-corrected chi connectivity index (χ4v) is 5.17. The molecule has 1 fully saturated rings. The van der Waals surface area contributed by atoms with Crippen molar-refractivity contribution in [2.45, 2.75) is 18.3 Å². The molecular weight excluding hydrogens is 410 g/mol. The Kier molecular flexibility index (Phi) is 6.16. The van der Waals surface area contributed by atoms with Gasteiger partial charge in [-0.1, -0.05) is 66.7 Å². The number of nitrogens with zero attached hydrogens (tertiary/aromatic N) is 2. The van der Waals surface area contributed by atoms with Crippen molar-refractivity contribution in [1.82, 2.24) is 15.3 Å². The van der Waals surface area contributed by atoms with E-state index in [2.05, 4.69) is 77.0 Å². The van der Waals surface area contributed by atoms with Gasteiger partial charge in [-0.2, -0.15) is 0 Å². The van der Waals surface area contributed by atoms with Crippen LogP contribution in [0.5, 0.6) is 5.75 Å². The van der Waals surface area contributed by atoms with E-state index >= 15 is 0 Å². The Hall–Kier alpha value is -3.15. The first-order valence-electron chi connectivity index (χ1n) is 11.8. The second-order valence-electron chi connectivity index (χ2n) is 9.29. The van der Waals surface area contributed by atoms with Crippen LogP contribution in [-0.2, 0) is 4.79 Å². The summed E-state index contributed by atoms with van der Waals surface area (Å²) in [7, 11) is 2.11. The van der Waals surface area contributed by atoms with Crippen molar-refractivity contribution in [1.29, 1.82) is 0 Å². The van der Waals surface area contributed by atoms with Crippen molar-refractivity contribution in [3.8, 4) is 5.75 Å². The quantitative estimate of drug-likeness (QED) is 0.594. The van der Waals surface area contributed by atoms with Crippen molar-refractivity contribution in [3.63, 3.8) is 0 Å². The molecule has 1 aliphatic carbocycles. The second-order valence-corrected chi connectivity index (χ2v) is 9.29. The number of nitrogens with one attached hydrogen (secondary N) is 1. The molecule has 5 heteroatoms. The third kappa shape index (κ3) is 4.65. The number of benzene rings is 3. The predicted octanol–water partition coefficient (Wildman–Crippen LogP) is 4.27. The van der Waals surface area contributed by atoms with Gasteiger partial charge >= 0.3 is 0 Å². The van der Waals surface area contributed by atoms with Crippen LogP contribution in [0.3, 0.4) is 0 Å². The van der Waals surface area contributed by atoms with Gasteiger partial charge in [0.15, 0.2) is 0 Å². The van der Waals surface area contributed by atoms with Crippen molar-refractivity contribution in [2.24, 2.45) is 5.92 Å². The molecule has 1 saturated heterocycles. The van der Waals surface area contributed by atoms with Crippen molar-refractivity contribution in [3.05, 3.63) is 90.0 Å². The van der Waals surface area contributed by atoms with E-state index in [4.69, 9.17) is 0 Å². The molecular formula is C28H31N3O2. The fraction of sp³-hybridized carbons (Fsp3) is 0.321. The molecule has 0 bridgehead atoms.